The third-order valence-corrected chi connectivity index (χ3v) is 3.65. The average Bonchev–Trinajstić information content (AvgIpc) is 2.66. The summed E-state index contributed by atoms with van der Waals surface area (Å²) in [5.74, 6) is 0. The minimum absolute atomic E-state index is 0.0426. The fourth-order valence-corrected chi connectivity index (χ4v) is 2.31. The Labute approximate surface area is 118 Å². The Morgan fingerprint density at radius 3 is 2.58 bits per heavy atom. The first kappa shape index (κ1) is 14.1. The molecule has 1 aromatic carbocycles. The summed E-state index contributed by atoms with van der Waals surface area (Å²) in [5, 5.41) is 17.7. The molecule has 0 bridgehead atoms. The highest BCUT2D eigenvalue weighted by atomic mass is 35.5. The van der Waals surface area contributed by atoms with E-state index in [2.05, 4.69) is 10.4 Å². The lowest BCUT2D eigenvalue weighted by Gasteiger charge is -2.16. The zero-order valence-corrected chi connectivity index (χ0v) is 11.9. The topological polar surface area (TPSA) is 50.1 Å². The predicted molar refractivity (Wildman–Crippen MR) is 76.1 cm³/mol. The van der Waals surface area contributed by atoms with Crippen molar-refractivity contribution in [2.75, 3.05) is 6.61 Å². The van der Waals surface area contributed by atoms with Gasteiger partial charge in [0.15, 0.2) is 0 Å². The molecule has 0 saturated carbocycles. The molecule has 0 aliphatic heterocycles. The van der Waals surface area contributed by atoms with Gasteiger partial charge in [-0.2, -0.15) is 5.10 Å². The van der Waals surface area contributed by atoms with Gasteiger partial charge in [0.2, 0.25) is 0 Å². The molecule has 4 nitrogen and oxygen atoms in total. The highest BCUT2D eigenvalue weighted by Crippen LogP contribution is 2.20. The quantitative estimate of drug-likeness (QED) is 0.882. The molecule has 1 heterocycles. The maximum absolute atomic E-state index is 9.48. The lowest BCUT2D eigenvalue weighted by molar-refractivity contribution is 0.243. The largest absolute Gasteiger partial charge is 0.394 e. The Hall–Kier alpha value is -1.36. The van der Waals surface area contributed by atoms with E-state index in [0.29, 0.717) is 11.7 Å². The SMILES string of the molecule is Cc1nn(C)c(Cl)c1CN[C@H](CO)c1ccccc1. The standard InChI is InChI=1S/C14H18ClN3O/c1-10-12(14(15)18(2)17-10)8-16-13(9-19)11-6-4-3-5-7-11/h3-7,13,16,19H,8-9H2,1-2H3/t13-/m1/s1. The van der Waals surface area contributed by atoms with E-state index in [1.807, 2.05) is 44.3 Å². The van der Waals surface area contributed by atoms with Crippen molar-refractivity contribution in [1.29, 1.82) is 0 Å². The molecule has 5 heteroatoms. The van der Waals surface area contributed by atoms with Gasteiger partial charge in [0.1, 0.15) is 5.15 Å². The number of aryl methyl sites for hydroxylation is 2. The molecule has 2 N–H and O–H groups in total. The Morgan fingerprint density at radius 1 is 1.37 bits per heavy atom. The Kier molecular flexibility index (Phi) is 4.58. The van der Waals surface area contributed by atoms with E-state index in [1.165, 1.54) is 0 Å². The number of aliphatic hydroxyl groups excluding tert-OH is 1. The van der Waals surface area contributed by atoms with E-state index in [4.69, 9.17) is 11.6 Å². The van der Waals surface area contributed by atoms with Gasteiger partial charge in [0.05, 0.1) is 18.3 Å². The molecule has 0 spiro atoms. The maximum atomic E-state index is 9.48. The van der Waals surface area contributed by atoms with Crippen LogP contribution in [0.3, 0.4) is 0 Å². The smallest absolute Gasteiger partial charge is 0.131 e. The second-order valence-electron chi connectivity index (χ2n) is 4.51. The number of rotatable bonds is 5. The van der Waals surface area contributed by atoms with E-state index in [1.54, 1.807) is 4.68 Å². The van der Waals surface area contributed by atoms with Crippen LogP contribution in [0.2, 0.25) is 5.15 Å². The molecule has 0 unspecified atom stereocenters. The zero-order valence-electron chi connectivity index (χ0n) is 11.1. The first-order valence-corrected chi connectivity index (χ1v) is 6.58. The summed E-state index contributed by atoms with van der Waals surface area (Å²) < 4.78 is 1.66. The van der Waals surface area contributed by atoms with Crippen molar-refractivity contribution >= 4 is 11.6 Å². The van der Waals surface area contributed by atoms with Gasteiger partial charge in [-0.25, -0.2) is 0 Å². The van der Waals surface area contributed by atoms with Gasteiger partial charge in [0, 0.05) is 19.2 Å². The third kappa shape index (κ3) is 3.15. The summed E-state index contributed by atoms with van der Waals surface area (Å²) >= 11 is 6.18. The summed E-state index contributed by atoms with van der Waals surface area (Å²) in [6, 6.07) is 9.76. The summed E-state index contributed by atoms with van der Waals surface area (Å²) in [7, 11) is 1.82. The van der Waals surface area contributed by atoms with Crippen LogP contribution in [0.25, 0.3) is 0 Å². The summed E-state index contributed by atoms with van der Waals surface area (Å²) in [6.07, 6.45) is 0. The normalized spacial score (nSPS) is 12.6. The molecule has 0 fully saturated rings. The number of aliphatic hydroxyl groups is 1. The van der Waals surface area contributed by atoms with Crippen LogP contribution in [0.15, 0.2) is 30.3 Å². The number of benzene rings is 1. The van der Waals surface area contributed by atoms with E-state index in [-0.39, 0.29) is 12.6 Å². The summed E-state index contributed by atoms with van der Waals surface area (Å²) in [6.45, 7) is 2.55. The first-order valence-electron chi connectivity index (χ1n) is 6.20. The van der Waals surface area contributed by atoms with Crippen molar-refractivity contribution in [3.05, 3.63) is 52.3 Å². The molecule has 0 amide bonds. The van der Waals surface area contributed by atoms with Crippen LogP contribution in [0.4, 0.5) is 0 Å². The van der Waals surface area contributed by atoms with Gasteiger partial charge in [-0.15, -0.1) is 0 Å². The lowest BCUT2D eigenvalue weighted by atomic mass is 10.1. The zero-order chi connectivity index (χ0) is 13.8. The minimum Gasteiger partial charge on any atom is -0.394 e. The molecular formula is C14H18ClN3O. The molecule has 2 aromatic rings. The molecule has 19 heavy (non-hydrogen) atoms. The molecule has 1 aromatic heterocycles. The van der Waals surface area contributed by atoms with Crippen molar-refractivity contribution in [3.8, 4) is 0 Å². The fourth-order valence-electron chi connectivity index (χ4n) is 2.07. The summed E-state index contributed by atoms with van der Waals surface area (Å²) in [4.78, 5) is 0. The third-order valence-electron chi connectivity index (χ3n) is 3.18. The molecule has 0 aliphatic carbocycles. The first-order chi connectivity index (χ1) is 9.13. The van der Waals surface area contributed by atoms with Crippen LogP contribution in [-0.2, 0) is 13.6 Å². The van der Waals surface area contributed by atoms with E-state index < -0.39 is 0 Å². The molecule has 2 rings (SSSR count). The van der Waals surface area contributed by atoms with Crippen LogP contribution in [-0.4, -0.2) is 21.5 Å². The van der Waals surface area contributed by atoms with Crippen LogP contribution in [0, 0.1) is 6.92 Å². The molecular weight excluding hydrogens is 262 g/mol. The van der Waals surface area contributed by atoms with E-state index >= 15 is 0 Å². The lowest BCUT2D eigenvalue weighted by Crippen LogP contribution is -2.24. The molecule has 102 valence electrons. The molecule has 0 saturated heterocycles. The van der Waals surface area contributed by atoms with Crippen molar-refractivity contribution in [1.82, 2.24) is 15.1 Å². The Bertz CT molecular complexity index is 539. The molecule has 1 atom stereocenters. The van der Waals surface area contributed by atoms with Crippen molar-refractivity contribution < 1.29 is 5.11 Å². The highest BCUT2D eigenvalue weighted by Gasteiger charge is 2.14. The van der Waals surface area contributed by atoms with Gasteiger partial charge in [-0.1, -0.05) is 41.9 Å². The Balaban J connectivity index is 2.08. The number of nitrogens with zero attached hydrogens (tertiary/aromatic N) is 2. The van der Waals surface area contributed by atoms with Gasteiger partial charge in [-0.05, 0) is 12.5 Å². The summed E-state index contributed by atoms with van der Waals surface area (Å²) in [5.41, 5.74) is 2.94. The van der Waals surface area contributed by atoms with E-state index in [0.717, 1.165) is 16.8 Å². The van der Waals surface area contributed by atoms with Gasteiger partial charge < -0.3 is 10.4 Å². The van der Waals surface area contributed by atoms with Crippen LogP contribution in [0.5, 0.6) is 0 Å². The van der Waals surface area contributed by atoms with Crippen molar-refractivity contribution in [3.63, 3.8) is 0 Å². The van der Waals surface area contributed by atoms with Crippen LogP contribution in [0.1, 0.15) is 22.9 Å². The van der Waals surface area contributed by atoms with Gasteiger partial charge in [0.25, 0.3) is 0 Å². The van der Waals surface area contributed by atoms with E-state index in [9.17, 15) is 5.11 Å². The fraction of sp³-hybridized carbons (Fsp3) is 0.357. The maximum Gasteiger partial charge on any atom is 0.131 e. The number of halogens is 1. The second-order valence-corrected chi connectivity index (χ2v) is 4.86. The number of nitrogens with one attached hydrogen (secondary N) is 1. The van der Waals surface area contributed by atoms with Gasteiger partial charge >= 0.3 is 0 Å². The molecule has 0 aliphatic rings. The molecule has 0 radical (unpaired) electrons. The average molecular weight is 280 g/mol. The predicted octanol–water partition coefficient (Wildman–Crippen LogP) is 2.21. The number of hydrogen-bond donors (Lipinski definition) is 2. The van der Waals surface area contributed by atoms with Crippen molar-refractivity contribution in [2.24, 2.45) is 7.05 Å². The van der Waals surface area contributed by atoms with Gasteiger partial charge in [-0.3, -0.25) is 4.68 Å². The van der Waals surface area contributed by atoms with Crippen LogP contribution >= 0.6 is 11.6 Å². The van der Waals surface area contributed by atoms with Crippen molar-refractivity contribution in [2.45, 2.75) is 19.5 Å². The number of hydrogen-bond acceptors (Lipinski definition) is 3. The monoisotopic (exact) mass is 279 g/mol. The number of aromatic nitrogens is 2. The second kappa shape index (κ2) is 6.19. The Morgan fingerprint density at radius 2 is 2.05 bits per heavy atom. The minimum atomic E-state index is -0.100. The highest BCUT2D eigenvalue weighted by molar-refractivity contribution is 6.30. The van der Waals surface area contributed by atoms with Crippen LogP contribution < -0.4 is 5.32 Å².